The highest BCUT2D eigenvalue weighted by Crippen LogP contribution is 2.38. The Hall–Kier alpha value is -4.15. The summed E-state index contributed by atoms with van der Waals surface area (Å²) in [4.78, 5) is 26.6. The number of hydrogen-bond donors (Lipinski definition) is 1. The summed E-state index contributed by atoms with van der Waals surface area (Å²) in [7, 11) is 7.23. The van der Waals surface area contributed by atoms with E-state index in [0.717, 1.165) is 41.5 Å². The summed E-state index contributed by atoms with van der Waals surface area (Å²) in [5, 5.41) is 6.31. The number of hydrogen-bond acceptors (Lipinski definition) is 9. The summed E-state index contributed by atoms with van der Waals surface area (Å²) in [6.45, 7) is 2.02. The van der Waals surface area contributed by atoms with Crippen LogP contribution in [0.4, 0.5) is 11.5 Å². The normalized spacial score (nSPS) is 14.1. The average molecular weight is 574 g/mol. The number of aromatic nitrogens is 2. The van der Waals surface area contributed by atoms with Crippen molar-refractivity contribution in [1.29, 1.82) is 0 Å². The number of nitrogens with zero attached hydrogens (tertiary/aromatic N) is 4. The number of nitrogens with one attached hydrogen (secondary N) is 1. The van der Waals surface area contributed by atoms with Crippen LogP contribution in [-0.2, 0) is 4.79 Å². The number of likely N-dealkylation sites (tertiary alicyclic amines) is 1. The number of likely N-dealkylation sites (N-methyl/N-ethyl adjacent to an activating group) is 1. The van der Waals surface area contributed by atoms with Crippen molar-refractivity contribution < 1.29 is 19.0 Å². The van der Waals surface area contributed by atoms with Crippen LogP contribution in [0.2, 0.25) is 0 Å². The summed E-state index contributed by atoms with van der Waals surface area (Å²) in [5.41, 5.74) is 2.61. The summed E-state index contributed by atoms with van der Waals surface area (Å²) < 4.78 is 17.8. The fraction of sp³-hybridized carbons (Fsp3) is 0.323. The van der Waals surface area contributed by atoms with E-state index in [1.165, 1.54) is 11.2 Å². The molecule has 2 aromatic carbocycles. The average Bonchev–Trinajstić information content (AvgIpc) is 3.52. The first kappa shape index (κ1) is 28.4. The van der Waals surface area contributed by atoms with E-state index < -0.39 is 0 Å². The molecule has 0 radical (unpaired) electrons. The van der Waals surface area contributed by atoms with E-state index in [-0.39, 0.29) is 12.0 Å². The van der Waals surface area contributed by atoms with Crippen molar-refractivity contribution in [3.63, 3.8) is 0 Å². The maximum absolute atomic E-state index is 12.5. The molecule has 1 aliphatic rings. The molecule has 0 aliphatic carbocycles. The zero-order chi connectivity index (χ0) is 28.8. The van der Waals surface area contributed by atoms with Crippen LogP contribution in [0.15, 0.2) is 66.3 Å². The Kier molecular flexibility index (Phi) is 9.01. The first-order valence-electron chi connectivity index (χ1n) is 13.5. The number of carbonyl (C=O) groups excluding carboxylic acids is 1. The van der Waals surface area contributed by atoms with Gasteiger partial charge in [-0.15, -0.1) is 11.3 Å². The molecule has 10 heteroatoms. The molecule has 5 rings (SSSR count). The fourth-order valence-corrected chi connectivity index (χ4v) is 5.51. The minimum absolute atomic E-state index is 0.0417. The van der Waals surface area contributed by atoms with Gasteiger partial charge in [-0.2, -0.15) is 0 Å². The second-order valence-corrected chi connectivity index (χ2v) is 11.0. The molecule has 41 heavy (non-hydrogen) atoms. The molecule has 0 unspecified atom stereocenters. The minimum Gasteiger partial charge on any atom is -0.495 e. The minimum atomic E-state index is -0.0419. The maximum atomic E-state index is 12.5. The zero-order valence-corrected chi connectivity index (χ0v) is 24.6. The van der Waals surface area contributed by atoms with Crippen LogP contribution < -0.4 is 19.5 Å². The number of carbonyl (C=O) groups is 1. The summed E-state index contributed by atoms with van der Waals surface area (Å²) in [6, 6.07) is 14.0. The number of anilines is 2. The van der Waals surface area contributed by atoms with E-state index >= 15 is 0 Å². The molecule has 1 amide bonds. The van der Waals surface area contributed by atoms with Crippen LogP contribution >= 0.6 is 11.3 Å². The molecular formula is C31H35N5O4S. The second-order valence-electron chi connectivity index (χ2n) is 10.1. The quantitative estimate of drug-likeness (QED) is 0.245. The highest BCUT2D eigenvalue weighted by molar-refractivity contribution is 7.13. The number of thiophene rings is 1. The monoisotopic (exact) mass is 573 g/mol. The molecule has 0 atom stereocenters. The number of fused-ring (bicyclic) bond motifs is 1. The first-order valence-corrected chi connectivity index (χ1v) is 14.4. The molecule has 0 bridgehead atoms. The molecule has 214 valence electrons. The van der Waals surface area contributed by atoms with Gasteiger partial charge in [-0.1, -0.05) is 12.1 Å². The number of piperidine rings is 1. The fourth-order valence-electron chi connectivity index (χ4n) is 4.79. The smallest absolute Gasteiger partial charge is 0.246 e. The highest BCUT2D eigenvalue weighted by atomic mass is 32.1. The van der Waals surface area contributed by atoms with E-state index in [4.69, 9.17) is 14.2 Å². The molecule has 2 aromatic heterocycles. The van der Waals surface area contributed by atoms with Gasteiger partial charge in [-0.25, -0.2) is 9.97 Å². The van der Waals surface area contributed by atoms with Crippen LogP contribution in [-0.4, -0.2) is 79.7 Å². The molecular weight excluding hydrogens is 538 g/mol. The summed E-state index contributed by atoms with van der Waals surface area (Å²) in [5.74, 6) is 2.60. The predicted octanol–water partition coefficient (Wildman–Crippen LogP) is 5.61. The Balaban J connectivity index is 1.35. The lowest BCUT2D eigenvalue weighted by Gasteiger charge is -2.32. The van der Waals surface area contributed by atoms with Crippen LogP contribution in [0.5, 0.6) is 17.2 Å². The molecule has 9 nitrogen and oxygen atoms in total. The summed E-state index contributed by atoms with van der Waals surface area (Å²) >= 11 is 1.68. The van der Waals surface area contributed by atoms with Crippen molar-refractivity contribution in [2.24, 2.45) is 0 Å². The van der Waals surface area contributed by atoms with Crippen molar-refractivity contribution in [2.75, 3.05) is 53.3 Å². The largest absolute Gasteiger partial charge is 0.495 e. The Morgan fingerprint density at radius 1 is 1.07 bits per heavy atom. The summed E-state index contributed by atoms with van der Waals surface area (Å²) in [6.07, 6.45) is 6.51. The van der Waals surface area contributed by atoms with Gasteiger partial charge >= 0.3 is 0 Å². The van der Waals surface area contributed by atoms with Crippen molar-refractivity contribution in [3.05, 3.63) is 66.3 Å². The van der Waals surface area contributed by atoms with Gasteiger partial charge in [0.1, 0.15) is 24.0 Å². The van der Waals surface area contributed by atoms with Crippen LogP contribution in [0.1, 0.15) is 12.8 Å². The highest BCUT2D eigenvalue weighted by Gasteiger charge is 2.24. The van der Waals surface area contributed by atoms with E-state index in [0.29, 0.717) is 36.2 Å². The number of rotatable bonds is 10. The lowest BCUT2D eigenvalue weighted by molar-refractivity contribution is -0.127. The lowest BCUT2D eigenvalue weighted by Crippen LogP contribution is -2.41. The molecule has 4 aromatic rings. The van der Waals surface area contributed by atoms with Crippen LogP contribution in [0.3, 0.4) is 0 Å². The lowest BCUT2D eigenvalue weighted by atomic mass is 10.1. The van der Waals surface area contributed by atoms with Crippen molar-refractivity contribution in [2.45, 2.75) is 18.9 Å². The SMILES string of the molecule is COc1ccc(-c2cccs2)cc1Nc1ncnc2cc(OC)c(OC3CCN(C(=O)/C=C/CN(C)C)CC3)cc12. The molecule has 1 saturated heterocycles. The van der Waals surface area contributed by atoms with Crippen LogP contribution in [0, 0.1) is 0 Å². The van der Waals surface area contributed by atoms with Gasteiger partial charge in [-0.3, -0.25) is 4.79 Å². The second kappa shape index (κ2) is 13.0. The molecule has 1 aliphatic heterocycles. The standard InChI is InChI=1S/C31H35N5O4S/c1-35(2)13-5-8-30(37)36-14-11-22(12-15-36)40-28-18-23-24(19-27(28)39-4)32-20-33-31(23)34-25-17-21(9-10-26(25)38-3)29-7-6-16-41-29/h5-10,16-20,22H,11-15H2,1-4H3,(H,32,33,34)/b8-5+. The Bertz CT molecular complexity index is 1510. The van der Waals surface area contributed by atoms with E-state index in [1.54, 1.807) is 31.6 Å². The molecule has 1 fully saturated rings. The van der Waals surface area contributed by atoms with Gasteiger partial charge in [0, 0.05) is 54.9 Å². The number of ether oxygens (including phenoxy) is 3. The van der Waals surface area contributed by atoms with Crippen molar-refractivity contribution in [3.8, 4) is 27.7 Å². The van der Waals surface area contributed by atoms with Crippen molar-refractivity contribution >= 4 is 39.7 Å². The molecule has 3 heterocycles. The third kappa shape index (κ3) is 6.78. The third-order valence-corrected chi connectivity index (χ3v) is 7.88. The van der Waals surface area contributed by atoms with Gasteiger partial charge in [-0.05, 0) is 55.4 Å². The predicted molar refractivity (Wildman–Crippen MR) is 164 cm³/mol. The van der Waals surface area contributed by atoms with Gasteiger partial charge in [0.15, 0.2) is 11.5 Å². The molecule has 0 spiro atoms. The van der Waals surface area contributed by atoms with E-state index in [1.807, 2.05) is 60.3 Å². The zero-order valence-electron chi connectivity index (χ0n) is 23.8. The first-order chi connectivity index (χ1) is 19.9. The topological polar surface area (TPSA) is 89.0 Å². The Labute approximate surface area is 244 Å². The number of benzene rings is 2. The number of methoxy groups -OCH3 is 2. The third-order valence-electron chi connectivity index (χ3n) is 6.96. The Morgan fingerprint density at radius 3 is 2.59 bits per heavy atom. The Morgan fingerprint density at radius 2 is 1.88 bits per heavy atom. The van der Waals surface area contributed by atoms with Gasteiger partial charge in [0.05, 0.1) is 25.4 Å². The van der Waals surface area contributed by atoms with E-state index in [9.17, 15) is 4.79 Å². The number of amides is 1. The molecule has 1 N–H and O–H groups in total. The van der Waals surface area contributed by atoms with Crippen LogP contribution in [0.25, 0.3) is 21.3 Å². The van der Waals surface area contributed by atoms with Gasteiger partial charge < -0.3 is 29.3 Å². The maximum Gasteiger partial charge on any atom is 0.246 e. The van der Waals surface area contributed by atoms with E-state index in [2.05, 4.69) is 32.8 Å². The van der Waals surface area contributed by atoms with Gasteiger partial charge in [0.25, 0.3) is 0 Å². The van der Waals surface area contributed by atoms with Crippen molar-refractivity contribution in [1.82, 2.24) is 19.8 Å². The molecule has 0 saturated carbocycles. The van der Waals surface area contributed by atoms with Gasteiger partial charge in [0.2, 0.25) is 5.91 Å².